The van der Waals surface area contributed by atoms with E-state index in [9.17, 15) is 0 Å². The third-order valence-corrected chi connectivity index (χ3v) is 6.32. The van der Waals surface area contributed by atoms with Crippen LogP contribution < -0.4 is 0 Å². The second-order valence-electron chi connectivity index (χ2n) is 8.04. The number of aliphatic imine (C=N–C) groups is 1. The van der Waals surface area contributed by atoms with Crippen LogP contribution in [-0.4, -0.2) is 6.21 Å². The normalized spacial score (nSPS) is 20.3. The summed E-state index contributed by atoms with van der Waals surface area (Å²) in [4.78, 5) is 5.04. The van der Waals surface area contributed by atoms with E-state index in [0.29, 0.717) is 5.56 Å². The van der Waals surface area contributed by atoms with E-state index >= 15 is 0 Å². The zero-order valence-electron chi connectivity index (χ0n) is 15.5. The Bertz CT molecular complexity index is 1070. The lowest BCUT2D eigenvalue weighted by Crippen LogP contribution is -2.42. The van der Waals surface area contributed by atoms with Crippen LogP contribution in [0.3, 0.4) is 0 Å². The largest absolute Gasteiger partial charge is 0.288 e. The molecule has 0 fully saturated rings. The average molecular weight is 348 g/mol. The van der Waals surface area contributed by atoms with Crippen molar-refractivity contribution in [3.05, 3.63) is 95.1 Å². The van der Waals surface area contributed by atoms with Crippen molar-refractivity contribution in [3.63, 3.8) is 0 Å². The van der Waals surface area contributed by atoms with Crippen LogP contribution in [0.1, 0.15) is 42.1 Å². The Hall–Kier alpha value is -3.18. The van der Waals surface area contributed by atoms with Gasteiger partial charge >= 0.3 is 0 Å². The monoisotopic (exact) mass is 348 g/mol. The Balaban J connectivity index is 1.83. The van der Waals surface area contributed by atoms with Gasteiger partial charge in [-0.2, -0.15) is 5.26 Å². The van der Waals surface area contributed by atoms with Crippen LogP contribution in [-0.2, 0) is 5.41 Å². The summed E-state index contributed by atoms with van der Waals surface area (Å²) in [5.41, 5.74) is 6.79. The van der Waals surface area contributed by atoms with Crippen molar-refractivity contribution >= 4 is 6.21 Å². The van der Waals surface area contributed by atoms with Gasteiger partial charge in [-0.05, 0) is 39.9 Å². The molecule has 5 rings (SSSR count). The first-order valence-electron chi connectivity index (χ1n) is 9.33. The van der Waals surface area contributed by atoms with Gasteiger partial charge < -0.3 is 0 Å². The molecule has 1 aliphatic heterocycles. The number of nitriles is 1. The second kappa shape index (κ2) is 5.41. The van der Waals surface area contributed by atoms with Crippen LogP contribution in [0.2, 0.25) is 0 Å². The molecule has 130 valence electrons. The first kappa shape index (κ1) is 16.0. The maximum atomic E-state index is 9.16. The lowest BCUT2D eigenvalue weighted by atomic mass is 9.58. The van der Waals surface area contributed by atoms with Gasteiger partial charge in [0, 0.05) is 11.6 Å². The molecule has 1 aliphatic carbocycles. The number of benzene rings is 3. The molecule has 1 spiro atoms. The van der Waals surface area contributed by atoms with Gasteiger partial charge in [-0.3, -0.25) is 4.99 Å². The number of fused-ring (bicyclic) bond motifs is 5. The van der Waals surface area contributed by atoms with Crippen LogP contribution in [0.25, 0.3) is 11.1 Å². The molecule has 3 aromatic rings. The molecule has 0 aromatic heterocycles. The van der Waals surface area contributed by atoms with Crippen molar-refractivity contribution in [1.82, 2.24) is 0 Å². The minimum Gasteiger partial charge on any atom is -0.288 e. The highest BCUT2D eigenvalue weighted by molar-refractivity contribution is 5.88. The first-order chi connectivity index (χ1) is 13.1. The Kier molecular flexibility index (Phi) is 3.21. The van der Waals surface area contributed by atoms with E-state index in [2.05, 4.69) is 86.8 Å². The van der Waals surface area contributed by atoms with Crippen LogP contribution in [0.4, 0.5) is 0 Å². The summed E-state index contributed by atoms with van der Waals surface area (Å²) in [7, 11) is 0. The average Bonchev–Trinajstić information content (AvgIpc) is 3.16. The van der Waals surface area contributed by atoms with Gasteiger partial charge in [0.15, 0.2) is 0 Å². The van der Waals surface area contributed by atoms with Crippen LogP contribution >= 0.6 is 0 Å². The minimum atomic E-state index is -0.242. The number of rotatable bonds is 1. The van der Waals surface area contributed by atoms with Crippen LogP contribution in [0, 0.1) is 16.7 Å². The van der Waals surface area contributed by atoms with Crippen molar-refractivity contribution in [2.24, 2.45) is 10.4 Å². The molecule has 1 heterocycles. The summed E-state index contributed by atoms with van der Waals surface area (Å²) in [5, 5.41) is 9.16. The number of hydrogen-bond acceptors (Lipinski definition) is 2. The summed E-state index contributed by atoms with van der Waals surface area (Å²) in [5.74, 6) is 0. The Morgan fingerprint density at radius 3 is 1.93 bits per heavy atom. The third-order valence-electron chi connectivity index (χ3n) is 6.32. The van der Waals surface area contributed by atoms with Gasteiger partial charge in [0.1, 0.15) is 0 Å². The fourth-order valence-corrected chi connectivity index (χ4v) is 5.16. The quantitative estimate of drug-likeness (QED) is 0.557. The standard InChI is InChI=1S/C25H20N2/c1-24(2)16-27-23(18-13-11-17(15-26)12-14-18)25(24)21-9-5-3-7-19(21)20-8-4-6-10-22(20)25/h3-14,16,23H,1-2H3. The maximum absolute atomic E-state index is 9.16. The Morgan fingerprint density at radius 2 is 1.37 bits per heavy atom. The third kappa shape index (κ3) is 1.92. The highest BCUT2D eigenvalue weighted by Gasteiger charge is 2.60. The molecule has 2 nitrogen and oxygen atoms in total. The summed E-state index contributed by atoms with van der Waals surface area (Å²) in [6, 6.07) is 27.6. The Morgan fingerprint density at radius 1 is 0.815 bits per heavy atom. The van der Waals surface area contributed by atoms with Gasteiger partial charge in [-0.1, -0.05) is 74.5 Å². The minimum absolute atomic E-state index is 0.00922. The zero-order chi connectivity index (χ0) is 18.6. The molecule has 0 radical (unpaired) electrons. The van der Waals surface area contributed by atoms with Gasteiger partial charge in [0.25, 0.3) is 0 Å². The van der Waals surface area contributed by atoms with E-state index in [1.54, 1.807) is 0 Å². The zero-order valence-corrected chi connectivity index (χ0v) is 15.5. The lowest BCUT2D eigenvalue weighted by Gasteiger charge is -2.43. The fraction of sp³-hybridized carbons (Fsp3) is 0.200. The van der Waals surface area contributed by atoms with E-state index in [-0.39, 0.29) is 16.9 Å². The lowest BCUT2D eigenvalue weighted by molar-refractivity contribution is 0.289. The molecule has 2 heteroatoms. The molecule has 0 saturated carbocycles. The van der Waals surface area contributed by atoms with Crippen molar-refractivity contribution in [1.29, 1.82) is 5.26 Å². The highest BCUT2D eigenvalue weighted by Crippen LogP contribution is 2.65. The van der Waals surface area contributed by atoms with Gasteiger partial charge in [-0.25, -0.2) is 0 Å². The highest BCUT2D eigenvalue weighted by atomic mass is 14.9. The van der Waals surface area contributed by atoms with Crippen molar-refractivity contribution in [3.8, 4) is 17.2 Å². The summed E-state index contributed by atoms with van der Waals surface area (Å²) >= 11 is 0. The first-order valence-corrected chi connectivity index (χ1v) is 9.33. The van der Waals surface area contributed by atoms with Gasteiger partial charge in [-0.15, -0.1) is 0 Å². The summed E-state index contributed by atoms with van der Waals surface area (Å²) < 4.78 is 0. The molecule has 0 amide bonds. The number of nitrogens with zero attached hydrogens (tertiary/aromatic N) is 2. The molecule has 1 unspecified atom stereocenters. The van der Waals surface area contributed by atoms with Gasteiger partial charge in [0.05, 0.1) is 23.1 Å². The van der Waals surface area contributed by atoms with Crippen molar-refractivity contribution < 1.29 is 0 Å². The summed E-state index contributed by atoms with van der Waals surface area (Å²) in [6.07, 6.45) is 2.13. The van der Waals surface area contributed by atoms with E-state index in [1.807, 2.05) is 12.1 Å². The van der Waals surface area contributed by atoms with Crippen LogP contribution in [0.15, 0.2) is 77.8 Å². The smallest absolute Gasteiger partial charge is 0.0991 e. The summed E-state index contributed by atoms with van der Waals surface area (Å²) in [6.45, 7) is 4.58. The SMILES string of the molecule is CC1(C)C=NC(c2ccc(C#N)cc2)C12c1ccccc1-c1ccccc12. The van der Waals surface area contributed by atoms with E-state index in [4.69, 9.17) is 10.3 Å². The van der Waals surface area contributed by atoms with Crippen molar-refractivity contribution in [2.75, 3.05) is 0 Å². The molecule has 0 saturated heterocycles. The predicted octanol–water partition coefficient (Wildman–Crippen LogP) is 5.68. The van der Waals surface area contributed by atoms with Crippen molar-refractivity contribution in [2.45, 2.75) is 25.3 Å². The molecular weight excluding hydrogens is 328 g/mol. The van der Waals surface area contributed by atoms with E-state index in [1.165, 1.54) is 22.3 Å². The fourth-order valence-electron chi connectivity index (χ4n) is 5.16. The molecule has 0 N–H and O–H groups in total. The molecule has 2 aliphatic rings. The Labute approximate surface area is 159 Å². The number of hydrogen-bond donors (Lipinski definition) is 0. The van der Waals surface area contributed by atoms with Gasteiger partial charge in [0.2, 0.25) is 0 Å². The molecular formula is C25H20N2. The second-order valence-corrected chi connectivity index (χ2v) is 8.04. The maximum Gasteiger partial charge on any atom is 0.0991 e. The molecule has 27 heavy (non-hydrogen) atoms. The van der Waals surface area contributed by atoms with E-state index < -0.39 is 0 Å². The predicted molar refractivity (Wildman–Crippen MR) is 109 cm³/mol. The molecule has 3 aromatic carbocycles. The van der Waals surface area contributed by atoms with E-state index in [0.717, 1.165) is 5.56 Å². The molecule has 1 atom stereocenters. The molecule has 0 bridgehead atoms. The van der Waals surface area contributed by atoms with Crippen LogP contribution in [0.5, 0.6) is 0 Å². The topological polar surface area (TPSA) is 36.1 Å².